The second-order valence-corrected chi connectivity index (χ2v) is 7.95. The van der Waals surface area contributed by atoms with Crippen LogP contribution < -0.4 is 21.9 Å². The summed E-state index contributed by atoms with van der Waals surface area (Å²) in [5.41, 5.74) is 16.5. The van der Waals surface area contributed by atoms with Crippen LogP contribution in [0.5, 0.6) is 11.5 Å². The van der Waals surface area contributed by atoms with E-state index in [2.05, 4.69) is 0 Å². The van der Waals surface area contributed by atoms with E-state index in [0.29, 0.717) is 5.69 Å². The molecule has 1 aliphatic rings. The zero-order valence-electron chi connectivity index (χ0n) is 15.2. The number of benzene rings is 3. The number of rotatable bonds is 3. The number of ether oxygens (including phenoxy) is 1. The number of fused-ring (bicyclic) bond motifs is 2. The molecular formula is C20H15N3O6S. The van der Waals surface area contributed by atoms with E-state index in [1.165, 1.54) is 24.3 Å². The molecule has 3 aromatic carbocycles. The van der Waals surface area contributed by atoms with Crippen LogP contribution in [0.25, 0.3) is 0 Å². The Morgan fingerprint density at radius 3 is 1.90 bits per heavy atom. The van der Waals surface area contributed by atoms with Crippen molar-refractivity contribution in [3.8, 4) is 11.5 Å². The number of ketones is 2. The topological polar surface area (TPSA) is 176 Å². The van der Waals surface area contributed by atoms with Crippen molar-refractivity contribution in [2.75, 3.05) is 17.2 Å². The molecule has 7 N–H and O–H groups in total. The Morgan fingerprint density at radius 1 is 0.800 bits per heavy atom. The Balaban J connectivity index is 2.07. The van der Waals surface area contributed by atoms with Gasteiger partial charge in [-0.2, -0.15) is 8.42 Å². The third-order valence-electron chi connectivity index (χ3n) is 4.69. The number of nitrogen functional groups attached to an aromatic ring is 3. The highest BCUT2D eigenvalue weighted by Crippen LogP contribution is 2.46. The van der Waals surface area contributed by atoms with Gasteiger partial charge in [0.05, 0.1) is 22.5 Å². The van der Waals surface area contributed by atoms with Gasteiger partial charge in [0.25, 0.3) is 10.1 Å². The summed E-state index contributed by atoms with van der Waals surface area (Å²) in [7, 11) is -4.99. The van der Waals surface area contributed by atoms with Crippen molar-refractivity contribution in [3.05, 3.63) is 70.8 Å². The summed E-state index contributed by atoms with van der Waals surface area (Å²) < 4.78 is 39.6. The molecule has 30 heavy (non-hydrogen) atoms. The highest BCUT2D eigenvalue weighted by atomic mass is 32.2. The number of carbonyl (C=O) groups is 2. The van der Waals surface area contributed by atoms with Gasteiger partial charge < -0.3 is 21.9 Å². The second kappa shape index (κ2) is 6.58. The lowest BCUT2D eigenvalue weighted by molar-refractivity contribution is 0.0980. The highest BCUT2D eigenvalue weighted by molar-refractivity contribution is 7.86. The molecule has 0 saturated carbocycles. The molecule has 0 aliphatic heterocycles. The smallest absolute Gasteiger partial charge is 0.300 e. The fourth-order valence-electron chi connectivity index (χ4n) is 3.41. The molecule has 0 fully saturated rings. The van der Waals surface area contributed by atoms with Crippen LogP contribution in [-0.2, 0) is 10.1 Å². The number of anilines is 3. The predicted octanol–water partition coefficient (Wildman–Crippen LogP) is 2.25. The van der Waals surface area contributed by atoms with Gasteiger partial charge in [-0.05, 0) is 12.1 Å². The summed E-state index contributed by atoms with van der Waals surface area (Å²) in [4.78, 5) is 25.2. The molecule has 0 unspecified atom stereocenters. The Hall–Kier alpha value is -3.89. The Morgan fingerprint density at radius 2 is 1.37 bits per heavy atom. The van der Waals surface area contributed by atoms with Crippen LogP contribution in [0.15, 0.2) is 53.4 Å². The summed E-state index contributed by atoms with van der Waals surface area (Å²) in [6.07, 6.45) is 0. The number of carbonyl (C=O) groups excluding carboxylic acids is 2. The van der Waals surface area contributed by atoms with Crippen LogP contribution in [-0.4, -0.2) is 24.5 Å². The first-order valence-electron chi connectivity index (χ1n) is 8.55. The minimum Gasteiger partial charge on any atom is -0.454 e. The molecule has 0 atom stereocenters. The van der Waals surface area contributed by atoms with E-state index in [1.54, 1.807) is 24.3 Å². The monoisotopic (exact) mass is 425 g/mol. The van der Waals surface area contributed by atoms with Crippen molar-refractivity contribution in [3.63, 3.8) is 0 Å². The highest BCUT2D eigenvalue weighted by Gasteiger charge is 2.39. The van der Waals surface area contributed by atoms with Crippen LogP contribution in [0.3, 0.4) is 0 Å². The van der Waals surface area contributed by atoms with Crippen LogP contribution >= 0.6 is 0 Å². The number of nitrogens with two attached hydrogens (primary N) is 3. The van der Waals surface area contributed by atoms with Gasteiger partial charge in [0.15, 0.2) is 22.2 Å². The number of hydrogen-bond donors (Lipinski definition) is 4. The van der Waals surface area contributed by atoms with Crippen LogP contribution in [0, 0.1) is 0 Å². The van der Waals surface area contributed by atoms with Gasteiger partial charge in [0, 0.05) is 22.9 Å². The first-order chi connectivity index (χ1) is 14.1. The molecule has 152 valence electrons. The SMILES string of the molecule is Nc1cccc(Oc2c(N)c3c(c(N)c2S(=O)(=O)O)C(=O)c2ccccc2C3=O)c1. The molecule has 1 aliphatic carbocycles. The van der Waals surface area contributed by atoms with E-state index in [4.69, 9.17) is 21.9 Å². The first kappa shape index (κ1) is 19.4. The molecule has 0 saturated heterocycles. The second-order valence-electron chi connectivity index (χ2n) is 6.59. The maximum absolute atomic E-state index is 13.1. The lowest BCUT2D eigenvalue weighted by Crippen LogP contribution is -2.25. The maximum Gasteiger partial charge on any atom is 0.300 e. The van der Waals surface area contributed by atoms with Crippen molar-refractivity contribution in [2.45, 2.75) is 4.90 Å². The largest absolute Gasteiger partial charge is 0.454 e. The molecule has 0 radical (unpaired) electrons. The lowest BCUT2D eigenvalue weighted by atomic mass is 9.82. The van der Waals surface area contributed by atoms with E-state index in [9.17, 15) is 22.6 Å². The van der Waals surface area contributed by atoms with Crippen molar-refractivity contribution in [2.24, 2.45) is 0 Å². The summed E-state index contributed by atoms with van der Waals surface area (Å²) in [5.74, 6) is -1.80. The zero-order valence-corrected chi connectivity index (χ0v) is 16.1. The quantitative estimate of drug-likeness (QED) is 0.283. The molecule has 4 rings (SSSR count). The first-order valence-corrected chi connectivity index (χ1v) is 9.99. The van der Waals surface area contributed by atoms with Crippen LogP contribution in [0.1, 0.15) is 31.8 Å². The molecule has 0 aromatic heterocycles. The molecule has 3 aromatic rings. The van der Waals surface area contributed by atoms with E-state index >= 15 is 0 Å². The fourth-order valence-corrected chi connectivity index (χ4v) is 4.18. The molecular weight excluding hydrogens is 410 g/mol. The maximum atomic E-state index is 13.1. The minimum absolute atomic E-state index is 0.0480. The van der Waals surface area contributed by atoms with Crippen LogP contribution in [0.2, 0.25) is 0 Å². The molecule has 0 spiro atoms. The third-order valence-corrected chi connectivity index (χ3v) is 5.61. The third kappa shape index (κ3) is 2.86. The summed E-state index contributed by atoms with van der Waals surface area (Å²) in [5, 5.41) is 0. The molecule has 9 nitrogen and oxygen atoms in total. The van der Waals surface area contributed by atoms with Crippen molar-refractivity contribution >= 4 is 38.7 Å². The molecule has 0 amide bonds. The van der Waals surface area contributed by atoms with Gasteiger partial charge in [-0.25, -0.2) is 0 Å². The van der Waals surface area contributed by atoms with Gasteiger partial charge in [-0.15, -0.1) is 0 Å². The van der Waals surface area contributed by atoms with Gasteiger partial charge >= 0.3 is 0 Å². The fraction of sp³-hybridized carbons (Fsp3) is 0. The van der Waals surface area contributed by atoms with Gasteiger partial charge in [-0.1, -0.05) is 30.3 Å². The summed E-state index contributed by atoms with van der Waals surface area (Å²) in [6, 6.07) is 11.9. The van der Waals surface area contributed by atoms with Crippen molar-refractivity contribution in [1.29, 1.82) is 0 Å². The zero-order chi connectivity index (χ0) is 21.8. The average Bonchev–Trinajstić information content (AvgIpc) is 2.67. The average molecular weight is 425 g/mol. The van der Waals surface area contributed by atoms with Gasteiger partial charge in [0.1, 0.15) is 5.75 Å². The van der Waals surface area contributed by atoms with E-state index in [-0.39, 0.29) is 22.4 Å². The Kier molecular flexibility index (Phi) is 4.26. The van der Waals surface area contributed by atoms with Gasteiger partial charge in [-0.3, -0.25) is 14.1 Å². The Labute approximate surface area is 170 Å². The van der Waals surface area contributed by atoms with Crippen LogP contribution in [0.4, 0.5) is 17.1 Å². The standard InChI is InChI=1S/C20H15N3O6S/c21-9-4-3-5-10(8-9)29-19-15(22)13-14(16(23)20(19)30(26,27)28)18(25)12-7-2-1-6-11(12)17(13)24/h1-8H,21-23H2,(H,26,27,28). The minimum atomic E-state index is -4.99. The summed E-state index contributed by atoms with van der Waals surface area (Å²) >= 11 is 0. The summed E-state index contributed by atoms with van der Waals surface area (Å²) in [6.45, 7) is 0. The lowest BCUT2D eigenvalue weighted by Gasteiger charge is -2.24. The normalized spacial score (nSPS) is 13.0. The van der Waals surface area contributed by atoms with E-state index in [0.717, 1.165) is 0 Å². The van der Waals surface area contributed by atoms with E-state index in [1.807, 2.05) is 0 Å². The van der Waals surface area contributed by atoms with Crippen molar-refractivity contribution in [1.82, 2.24) is 0 Å². The predicted molar refractivity (Wildman–Crippen MR) is 109 cm³/mol. The van der Waals surface area contributed by atoms with Gasteiger partial charge in [0.2, 0.25) is 0 Å². The van der Waals surface area contributed by atoms with Crippen molar-refractivity contribution < 1.29 is 27.3 Å². The molecule has 0 heterocycles. The Bertz CT molecular complexity index is 1370. The van der Waals surface area contributed by atoms with E-state index < -0.39 is 49.3 Å². The number of hydrogen-bond acceptors (Lipinski definition) is 8. The molecule has 10 heteroatoms. The molecule has 0 bridgehead atoms.